The summed E-state index contributed by atoms with van der Waals surface area (Å²) in [6, 6.07) is 0.797. The Labute approximate surface area is 222 Å². The molecule has 9 nitrogen and oxygen atoms in total. The van der Waals surface area contributed by atoms with Gasteiger partial charge in [0.05, 0.1) is 18.1 Å². The van der Waals surface area contributed by atoms with E-state index in [1.807, 2.05) is 32.7 Å². The van der Waals surface area contributed by atoms with E-state index in [0.717, 1.165) is 22.3 Å². The summed E-state index contributed by atoms with van der Waals surface area (Å²) in [5, 5.41) is 34.6. The number of benzene rings is 2. The van der Waals surface area contributed by atoms with Crippen molar-refractivity contribution in [3.63, 3.8) is 0 Å². The van der Waals surface area contributed by atoms with E-state index >= 15 is 0 Å². The number of piperazine rings is 1. The normalized spacial score (nSPS) is 27.5. The lowest BCUT2D eigenvalue weighted by Crippen LogP contribution is -2.68. The number of phenolic OH excluding ortho intramolecular Hbond substituents is 2. The fraction of sp³-hybridized carbons (Fsp3) is 0.552. The van der Waals surface area contributed by atoms with Gasteiger partial charge in [0, 0.05) is 34.7 Å². The number of hydrogen-bond donors (Lipinski definition) is 3. The summed E-state index contributed by atoms with van der Waals surface area (Å²) in [7, 11) is 1.99. The first-order valence-electron chi connectivity index (χ1n) is 13.4. The lowest BCUT2D eigenvalue weighted by molar-refractivity contribution is -0.183. The van der Waals surface area contributed by atoms with Gasteiger partial charge in [0.25, 0.3) is 0 Å². The van der Waals surface area contributed by atoms with Crippen molar-refractivity contribution in [1.29, 1.82) is 0 Å². The van der Waals surface area contributed by atoms with E-state index < -0.39 is 12.3 Å². The van der Waals surface area contributed by atoms with Crippen LogP contribution in [-0.4, -0.2) is 69.8 Å². The number of carbonyl (C=O) groups excluding carboxylic acids is 1. The van der Waals surface area contributed by atoms with Crippen LogP contribution >= 0.6 is 0 Å². The Hall–Kier alpha value is -3.01. The van der Waals surface area contributed by atoms with Gasteiger partial charge in [-0.25, -0.2) is 0 Å². The number of aromatic hydroxyl groups is 2. The summed E-state index contributed by atoms with van der Waals surface area (Å²) < 4.78 is 17.4. The number of ether oxygens (including phenoxy) is 3. The van der Waals surface area contributed by atoms with Gasteiger partial charge in [0.15, 0.2) is 11.5 Å². The molecule has 1 saturated heterocycles. The van der Waals surface area contributed by atoms with Crippen LogP contribution in [0.15, 0.2) is 6.07 Å². The van der Waals surface area contributed by atoms with Gasteiger partial charge in [-0.05, 0) is 63.8 Å². The standard InChI is InChI=1S/C29H36N2O7/c1-6-7-21(32)36-11-20-23-17(25(33)15(4)27-28(23)38-12-37-27)10-18-24-22-16(8-13(2)14(3)26(22)34)9-19(30(24)5)29(35)31(18)20/h8,18-20,24,29,33-35H,6-7,9-12H2,1-5H3/t18?,19-,20-,24-,29-/m0/s1. The molecule has 2 bridgehead atoms. The number of aryl methyl sites for hydroxylation is 1. The van der Waals surface area contributed by atoms with Crippen LogP contribution in [0, 0.1) is 20.8 Å². The largest absolute Gasteiger partial charge is 0.507 e. The van der Waals surface area contributed by atoms with E-state index in [2.05, 4.69) is 11.0 Å². The predicted octanol–water partition coefficient (Wildman–Crippen LogP) is 3.29. The average molecular weight is 525 g/mol. The van der Waals surface area contributed by atoms with Gasteiger partial charge >= 0.3 is 5.97 Å². The van der Waals surface area contributed by atoms with Crippen LogP contribution in [0.1, 0.15) is 70.8 Å². The van der Waals surface area contributed by atoms with Crippen LogP contribution in [-0.2, 0) is 22.4 Å². The van der Waals surface area contributed by atoms with Gasteiger partial charge in [-0.1, -0.05) is 13.0 Å². The second-order valence-electron chi connectivity index (χ2n) is 11.1. The predicted molar refractivity (Wildman–Crippen MR) is 138 cm³/mol. The highest BCUT2D eigenvalue weighted by molar-refractivity contribution is 5.70. The van der Waals surface area contributed by atoms with Gasteiger partial charge in [-0.15, -0.1) is 0 Å². The molecule has 0 amide bonds. The van der Waals surface area contributed by atoms with E-state index in [4.69, 9.17) is 14.2 Å². The van der Waals surface area contributed by atoms with E-state index in [1.54, 1.807) is 6.92 Å². The molecule has 1 unspecified atom stereocenters. The zero-order valence-electron chi connectivity index (χ0n) is 22.6. The lowest BCUT2D eigenvalue weighted by atomic mass is 9.73. The maximum Gasteiger partial charge on any atom is 0.305 e. The summed E-state index contributed by atoms with van der Waals surface area (Å²) in [5.41, 5.74) is 5.79. The summed E-state index contributed by atoms with van der Waals surface area (Å²) in [4.78, 5) is 16.6. The number of aliphatic hydroxyl groups excluding tert-OH is 1. The van der Waals surface area contributed by atoms with Crippen molar-refractivity contribution in [3.8, 4) is 23.0 Å². The van der Waals surface area contributed by atoms with Crippen LogP contribution in [0.3, 0.4) is 0 Å². The third-order valence-corrected chi connectivity index (χ3v) is 9.15. The highest BCUT2D eigenvalue weighted by Gasteiger charge is 2.56. The lowest BCUT2D eigenvalue weighted by Gasteiger charge is -2.60. The Kier molecular flexibility index (Phi) is 6.01. The van der Waals surface area contributed by atoms with Crippen LogP contribution < -0.4 is 9.47 Å². The number of nitrogens with zero attached hydrogens (tertiary/aromatic N) is 2. The Morgan fingerprint density at radius 2 is 1.79 bits per heavy atom. The summed E-state index contributed by atoms with van der Waals surface area (Å²) in [6.45, 7) is 7.69. The molecule has 4 aliphatic heterocycles. The van der Waals surface area contributed by atoms with Crippen LogP contribution in [0.25, 0.3) is 0 Å². The second kappa shape index (κ2) is 9.03. The fourth-order valence-electron chi connectivity index (χ4n) is 7.13. The van der Waals surface area contributed by atoms with E-state index in [0.29, 0.717) is 53.9 Å². The van der Waals surface area contributed by atoms with Crippen molar-refractivity contribution < 1.29 is 34.3 Å². The molecule has 2 aromatic rings. The Bertz CT molecular complexity index is 1330. The minimum absolute atomic E-state index is 0.00656. The molecule has 0 aliphatic carbocycles. The molecular weight excluding hydrogens is 488 g/mol. The summed E-state index contributed by atoms with van der Waals surface area (Å²) >= 11 is 0. The summed E-state index contributed by atoms with van der Waals surface area (Å²) in [5.74, 6) is 1.14. The minimum Gasteiger partial charge on any atom is -0.507 e. The smallest absolute Gasteiger partial charge is 0.305 e. The number of rotatable bonds is 4. The number of hydrogen-bond acceptors (Lipinski definition) is 9. The van der Waals surface area contributed by atoms with Gasteiger partial charge in [0.2, 0.25) is 6.79 Å². The molecule has 4 heterocycles. The zero-order valence-corrected chi connectivity index (χ0v) is 22.6. The molecule has 38 heavy (non-hydrogen) atoms. The number of fused-ring (bicyclic) bond motifs is 9. The first-order chi connectivity index (χ1) is 18.1. The molecule has 6 rings (SSSR count). The van der Waals surface area contributed by atoms with Crippen LogP contribution in [0.5, 0.6) is 23.0 Å². The van der Waals surface area contributed by atoms with Crippen molar-refractivity contribution >= 4 is 5.97 Å². The minimum atomic E-state index is -0.873. The molecule has 1 fully saturated rings. The average Bonchev–Trinajstić information content (AvgIpc) is 3.37. The third-order valence-electron chi connectivity index (χ3n) is 9.15. The van der Waals surface area contributed by atoms with Crippen molar-refractivity contribution in [2.24, 2.45) is 0 Å². The van der Waals surface area contributed by atoms with Gasteiger partial charge < -0.3 is 29.5 Å². The molecular formula is C29H36N2O7. The SMILES string of the molecule is CCCC(=O)OC[C@H]1c2c(c(O)c(C)c3c2OCO3)CC2[C@H]3c4c(cc(C)c(C)c4O)C[C@@H]([C@H](O)N21)N3C. The fourth-order valence-corrected chi connectivity index (χ4v) is 7.13. The number of likely N-dealkylation sites (N-methyl/N-ethyl adjacent to an activating group) is 1. The van der Waals surface area contributed by atoms with Gasteiger partial charge in [-0.2, -0.15) is 0 Å². The van der Waals surface area contributed by atoms with Crippen LogP contribution in [0.2, 0.25) is 0 Å². The van der Waals surface area contributed by atoms with E-state index in [1.165, 1.54) is 0 Å². The molecule has 4 aliphatic rings. The van der Waals surface area contributed by atoms with Crippen molar-refractivity contribution in [2.45, 2.75) is 83.8 Å². The highest BCUT2D eigenvalue weighted by atomic mass is 16.7. The molecule has 9 heteroatoms. The monoisotopic (exact) mass is 524 g/mol. The second-order valence-corrected chi connectivity index (χ2v) is 11.1. The molecule has 0 saturated carbocycles. The van der Waals surface area contributed by atoms with E-state index in [9.17, 15) is 20.1 Å². The Balaban J connectivity index is 1.54. The maximum absolute atomic E-state index is 12.5. The number of carbonyl (C=O) groups is 1. The quantitative estimate of drug-likeness (QED) is 0.519. The van der Waals surface area contributed by atoms with Gasteiger partial charge in [0.1, 0.15) is 24.3 Å². The molecule has 0 spiro atoms. The van der Waals surface area contributed by atoms with Crippen molar-refractivity contribution in [2.75, 3.05) is 20.4 Å². The maximum atomic E-state index is 12.5. The third kappa shape index (κ3) is 3.45. The van der Waals surface area contributed by atoms with Crippen molar-refractivity contribution in [1.82, 2.24) is 9.80 Å². The van der Waals surface area contributed by atoms with E-state index in [-0.39, 0.29) is 49.0 Å². The summed E-state index contributed by atoms with van der Waals surface area (Å²) in [6.07, 6.45) is 1.10. The number of esters is 1. The zero-order chi connectivity index (χ0) is 27.0. The van der Waals surface area contributed by atoms with Gasteiger partial charge in [-0.3, -0.25) is 14.6 Å². The molecule has 2 aromatic carbocycles. The Morgan fingerprint density at radius 3 is 2.53 bits per heavy atom. The molecule has 5 atom stereocenters. The number of phenols is 2. The Morgan fingerprint density at radius 1 is 1.05 bits per heavy atom. The molecule has 0 radical (unpaired) electrons. The highest BCUT2D eigenvalue weighted by Crippen LogP contribution is 2.57. The molecule has 204 valence electrons. The topological polar surface area (TPSA) is 112 Å². The number of aliphatic hydroxyl groups is 1. The first-order valence-corrected chi connectivity index (χ1v) is 13.4. The first kappa shape index (κ1) is 25.3. The van der Waals surface area contributed by atoms with Crippen molar-refractivity contribution in [3.05, 3.63) is 45.0 Å². The molecule has 0 aromatic heterocycles. The molecule has 3 N–H and O–H groups in total. The van der Waals surface area contributed by atoms with Crippen LogP contribution in [0.4, 0.5) is 0 Å².